The molecule has 3 atom stereocenters. The molecule has 94 valence electrons. The van der Waals surface area contributed by atoms with Gasteiger partial charge in [-0.25, -0.2) is 0 Å². The first-order valence-electron chi connectivity index (χ1n) is 7.14. The van der Waals surface area contributed by atoms with E-state index in [9.17, 15) is 0 Å². The topological polar surface area (TPSA) is 15.3 Å². The Morgan fingerprint density at radius 2 is 1.94 bits per heavy atom. The second-order valence-electron chi connectivity index (χ2n) is 6.11. The Morgan fingerprint density at radius 1 is 1.19 bits per heavy atom. The molecule has 1 N–H and O–H groups in total. The van der Waals surface area contributed by atoms with Gasteiger partial charge in [0.15, 0.2) is 0 Å². The van der Waals surface area contributed by atoms with E-state index in [1.165, 1.54) is 45.3 Å². The Bertz CT molecular complexity index is 213. The smallest absolute Gasteiger partial charge is 0.0110 e. The molecular formula is C14H28N2. The molecule has 0 aromatic carbocycles. The zero-order valence-electron chi connectivity index (χ0n) is 11.2. The molecule has 0 radical (unpaired) electrons. The third kappa shape index (κ3) is 3.46. The number of nitrogens with one attached hydrogen (secondary N) is 1. The SMILES string of the molecule is CC1CCC(C)N(CCNC(C)C2CC2)C1. The lowest BCUT2D eigenvalue weighted by atomic mass is 9.95. The third-order valence-corrected chi connectivity index (χ3v) is 4.44. The van der Waals surface area contributed by atoms with Crippen molar-refractivity contribution in [2.45, 2.75) is 58.5 Å². The Balaban J connectivity index is 1.63. The molecule has 2 nitrogen and oxygen atoms in total. The molecule has 2 rings (SSSR count). The molecular weight excluding hydrogens is 196 g/mol. The number of likely N-dealkylation sites (tertiary alicyclic amines) is 1. The number of rotatable bonds is 5. The Hall–Kier alpha value is -0.0800. The van der Waals surface area contributed by atoms with Crippen LogP contribution in [-0.4, -0.2) is 36.6 Å². The molecule has 2 heteroatoms. The predicted octanol–water partition coefficient (Wildman–Crippen LogP) is 2.49. The van der Waals surface area contributed by atoms with Gasteiger partial charge in [-0.05, 0) is 51.4 Å². The minimum atomic E-state index is 0.748. The Morgan fingerprint density at radius 3 is 2.62 bits per heavy atom. The van der Waals surface area contributed by atoms with Crippen LogP contribution in [0.25, 0.3) is 0 Å². The van der Waals surface area contributed by atoms with E-state index in [4.69, 9.17) is 0 Å². The summed E-state index contributed by atoms with van der Waals surface area (Å²) >= 11 is 0. The standard InChI is InChI=1S/C14H28N2/c1-11-4-5-12(2)16(10-11)9-8-15-13(3)14-6-7-14/h11-15H,4-10H2,1-3H3. The van der Waals surface area contributed by atoms with Crippen LogP contribution in [0.3, 0.4) is 0 Å². The van der Waals surface area contributed by atoms with Crippen LogP contribution >= 0.6 is 0 Å². The quantitative estimate of drug-likeness (QED) is 0.772. The third-order valence-electron chi connectivity index (χ3n) is 4.44. The summed E-state index contributed by atoms with van der Waals surface area (Å²) in [4.78, 5) is 2.67. The van der Waals surface area contributed by atoms with Gasteiger partial charge in [0.1, 0.15) is 0 Å². The van der Waals surface area contributed by atoms with E-state index >= 15 is 0 Å². The molecule has 1 aliphatic carbocycles. The van der Waals surface area contributed by atoms with Gasteiger partial charge < -0.3 is 5.32 Å². The van der Waals surface area contributed by atoms with Crippen molar-refractivity contribution in [3.63, 3.8) is 0 Å². The second-order valence-corrected chi connectivity index (χ2v) is 6.11. The monoisotopic (exact) mass is 224 g/mol. The molecule has 0 amide bonds. The van der Waals surface area contributed by atoms with Crippen molar-refractivity contribution in [1.82, 2.24) is 10.2 Å². The molecule has 0 aromatic rings. The maximum atomic E-state index is 3.69. The van der Waals surface area contributed by atoms with Gasteiger partial charge in [-0.1, -0.05) is 6.92 Å². The van der Waals surface area contributed by atoms with Crippen molar-refractivity contribution < 1.29 is 0 Å². The molecule has 2 fully saturated rings. The summed E-state index contributed by atoms with van der Waals surface area (Å²) in [6, 6.07) is 1.55. The fraction of sp³-hybridized carbons (Fsp3) is 1.00. The Kier molecular flexibility index (Phi) is 4.26. The summed E-state index contributed by atoms with van der Waals surface area (Å²) < 4.78 is 0. The summed E-state index contributed by atoms with van der Waals surface area (Å²) in [6.45, 7) is 10.8. The van der Waals surface area contributed by atoms with Gasteiger partial charge in [-0.15, -0.1) is 0 Å². The van der Waals surface area contributed by atoms with Gasteiger partial charge in [-0.3, -0.25) is 4.90 Å². The first kappa shape index (κ1) is 12.4. The van der Waals surface area contributed by atoms with Gasteiger partial charge in [0, 0.05) is 31.7 Å². The Labute approximate surface area is 101 Å². The van der Waals surface area contributed by atoms with E-state index in [-0.39, 0.29) is 0 Å². The van der Waals surface area contributed by atoms with Crippen LogP contribution in [0.1, 0.15) is 46.5 Å². The van der Waals surface area contributed by atoms with Crippen molar-refractivity contribution in [2.75, 3.05) is 19.6 Å². The van der Waals surface area contributed by atoms with Crippen molar-refractivity contribution >= 4 is 0 Å². The second kappa shape index (κ2) is 5.50. The van der Waals surface area contributed by atoms with Crippen LogP contribution in [-0.2, 0) is 0 Å². The largest absolute Gasteiger partial charge is 0.313 e. The lowest BCUT2D eigenvalue weighted by molar-refractivity contribution is 0.124. The highest BCUT2D eigenvalue weighted by Gasteiger charge is 2.28. The molecule has 0 bridgehead atoms. The van der Waals surface area contributed by atoms with Crippen LogP contribution in [0, 0.1) is 11.8 Å². The number of piperidine rings is 1. The van der Waals surface area contributed by atoms with Crippen molar-refractivity contribution in [3.05, 3.63) is 0 Å². The number of hydrogen-bond donors (Lipinski definition) is 1. The molecule has 1 saturated heterocycles. The van der Waals surface area contributed by atoms with Crippen molar-refractivity contribution in [3.8, 4) is 0 Å². The van der Waals surface area contributed by atoms with Crippen LogP contribution in [0.15, 0.2) is 0 Å². The fourth-order valence-electron chi connectivity index (χ4n) is 2.89. The maximum absolute atomic E-state index is 3.69. The maximum Gasteiger partial charge on any atom is 0.0110 e. The molecule has 0 aromatic heterocycles. The fourth-order valence-corrected chi connectivity index (χ4v) is 2.89. The zero-order chi connectivity index (χ0) is 11.5. The van der Waals surface area contributed by atoms with E-state index in [1.54, 1.807) is 0 Å². The van der Waals surface area contributed by atoms with Crippen molar-refractivity contribution in [1.29, 1.82) is 0 Å². The minimum Gasteiger partial charge on any atom is -0.313 e. The molecule has 0 spiro atoms. The van der Waals surface area contributed by atoms with Gasteiger partial charge in [-0.2, -0.15) is 0 Å². The van der Waals surface area contributed by atoms with E-state index in [0.29, 0.717) is 0 Å². The van der Waals surface area contributed by atoms with Gasteiger partial charge in [0.25, 0.3) is 0 Å². The number of hydrogen-bond acceptors (Lipinski definition) is 2. The first-order chi connectivity index (χ1) is 7.66. The predicted molar refractivity (Wildman–Crippen MR) is 69.6 cm³/mol. The van der Waals surface area contributed by atoms with E-state index < -0.39 is 0 Å². The molecule has 3 unspecified atom stereocenters. The summed E-state index contributed by atoms with van der Waals surface area (Å²) in [7, 11) is 0. The zero-order valence-corrected chi connectivity index (χ0v) is 11.2. The van der Waals surface area contributed by atoms with Gasteiger partial charge in [0.05, 0.1) is 0 Å². The highest BCUT2D eigenvalue weighted by molar-refractivity contribution is 4.84. The van der Waals surface area contributed by atoms with Crippen LogP contribution in [0.2, 0.25) is 0 Å². The lowest BCUT2D eigenvalue weighted by Crippen LogP contribution is -2.45. The first-order valence-corrected chi connectivity index (χ1v) is 7.14. The van der Waals surface area contributed by atoms with Crippen LogP contribution in [0.5, 0.6) is 0 Å². The summed E-state index contributed by atoms with van der Waals surface area (Å²) in [5.74, 6) is 1.88. The molecule has 16 heavy (non-hydrogen) atoms. The van der Waals surface area contributed by atoms with Gasteiger partial charge >= 0.3 is 0 Å². The number of nitrogens with zero attached hydrogens (tertiary/aromatic N) is 1. The highest BCUT2D eigenvalue weighted by Crippen LogP contribution is 2.32. The average molecular weight is 224 g/mol. The van der Waals surface area contributed by atoms with E-state index in [0.717, 1.165) is 23.9 Å². The normalized spacial score (nSPS) is 33.9. The van der Waals surface area contributed by atoms with Crippen molar-refractivity contribution in [2.24, 2.45) is 11.8 Å². The van der Waals surface area contributed by atoms with Gasteiger partial charge in [0.2, 0.25) is 0 Å². The summed E-state index contributed by atoms with van der Waals surface area (Å²) in [5.41, 5.74) is 0. The summed E-state index contributed by atoms with van der Waals surface area (Å²) in [6.07, 6.45) is 5.71. The lowest BCUT2D eigenvalue weighted by Gasteiger charge is -2.37. The highest BCUT2D eigenvalue weighted by atomic mass is 15.2. The van der Waals surface area contributed by atoms with Crippen LogP contribution < -0.4 is 5.32 Å². The summed E-state index contributed by atoms with van der Waals surface area (Å²) in [5, 5.41) is 3.69. The average Bonchev–Trinajstić information content (AvgIpc) is 3.06. The van der Waals surface area contributed by atoms with E-state index in [1.807, 2.05) is 0 Å². The molecule has 1 heterocycles. The molecule has 1 aliphatic heterocycles. The molecule has 2 aliphatic rings. The van der Waals surface area contributed by atoms with Crippen LogP contribution in [0.4, 0.5) is 0 Å². The van der Waals surface area contributed by atoms with E-state index in [2.05, 4.69) is 31.0 Å². The minimum absolute atomic E-state index is 0.748. The molecule has 1 saturated carbocycles.